The van der Waals surface area contributed by atoms with Crippen molar-refractivity contribution in [1.29, 1.82) is 0 Å². The predicted octanol–water partition coefficient (Wildman–Crippen LogP) is 4.23. The maximum absolute atomic E-state index is 12.6. The third-order valence-corrected chi connectivity index (χ3v) is 4.11. The summed E-state index contributed by atoms with van der Waals surface area (Å²) in [4.78, 5) is 25.1. The van der Waals surface area contributed by atoms with Gasteiger partial charge in [-0.3, -0.25) is 14.3 Å². The Morgan fingerprint density at radius 1 is 0.846 bits per heavy atom. The van der Waals surface area contributed by atoms with Gasteiger partial charge in [-0.2, -0.15) is 5.10 Å². The molecule has 8 heteroatoms. The number of benzene rings is 2. The lowest BCUT2D eigenvalue weighted by molar-refractivity contribution is 0.0985. The van der Waals surface area contributed by atoms with E-state index in [0.717, 1.165) is 0 Å². The molecule has 26 heavy (non-hydrogen) atoms. The molecule has 0 aliphatic carbocycles. The molecular weight excluding hydrogens is 375 g/mol. The number of hydrogen-bond acceptors (Lipinski definition) is 3. The van der Waals surface area contributed by atoms with Gasteiger partial charge in [-0.15, -0.1) is 0 Å². The number of rotatable bonds is 4. The largest absolute Gasteiger partial charge is 0.322 e. The number of aryl methyl sites for hydroxylation is 1. The lowest BCUT2D eigenvalue weighted by Crippen LogP contribution is -2.21. The molecule has 0 fully saturated rings. The fraction of sp³-hybridized carbons (Fsp3) is 0.0556. The summed E-state index contributed by atoms with van der Waals surface area (Å²) in [7, 11) is 1.59. The van der Waals surface area contributed by atoms with Crippen LogP contribution in [0.1, 0.15) is 20.8 Å². The van der Waals surface area contributed by atoms with E-state index < -0.39 is 11.8 Å². The Balaban J connectivity index is 1.81. The van der Waals surface area contributed by atoms with Gasteiger partial charge in [0, 0.05) is 28.5 Å². The Morgan fingerprint density at radius 3 is 1.81 bits per heavy atom. The van der Waals surface area contributed by atoms with Gasteiger partial charge >= 0.3 is 0 Å². The molecule has 1 aromatic heterocycles. The van der Waals surface area contributed by atoms with Crippen molar-refractivity contribution in [2.75, 3.05) is 10.6 Å². The number of anilines is 2. The number of amides is 2. The number of carbonyl (C=O) groups is 2. The summed E-state index contributed by atoms with van der Waals surface area (Å²) < 4.78 is 1.35. The standard InChI is InChI=1S/C18H14Cl2N4O2/c1-24-16(18(26)23-14-8-4-12(20)5-9-14)15(10-21-24)17(25)22-13-6-2-11(19)3-7-13/h2-10H,1H3,(H,22,25)(H,23,26). The zero-order valence-electron chi connectivity index (χ0n) is 13.7. The molecule has 0 bridgehead atoms. The summed E-state index contributed by atoms with van der Waals surface area (Å²) in [5.41, 5.74) is 1.43. The second kappa shape index (κ2) is 7.59. The van der Waals surface area contributed by atoms with Crippen LogP contribution in [0.4, 0.5) is 11.4 Å². The first kappa shape index (κ1) is 18.0. The highest BCUT2D eigenvalue weighted by molar-refractivity contribution is 6.31. The van der Waals surface area contributed by atoms with E-state index in [4.69, 9.17) is 23.2 Å². The maximum atomic E-state index is 12.6. The first-order valence-corrected chi connectivity index (χ1v) is 8.35. The van der Waals surface area contributed by atoms with E-state index in [1.807, 2.05) is 0 Å². The van der Waals surface area contributed by atoms with Gasteiger partial charge in [0.05, 0.1) is 11.8 Å². The molecular formula is C18H14Cl2N4O2. The van der Waals surface area contributed by atoms with E-state index in [0.29, 0.717) is 21.4 Å². The number of halogens is 2. The molecule has 3 aromatic rings. The van der Waals surface area contributed by atoms with Crippen molar-refractivity contribution >= 4 is 46.4 Å². The molecule has 0 aliphatic rings. The Labute approximate surface area is 159 Å². The molecule has 0 spiro atoms. The van der Waals surface area contributed by atoms with E-state index in [-0.39, 0.29) is 11.3 Å². The molecule has 2 amide bonds. The van der Waals surface area contributed by atoms with Crippen molar-refractivity contribution < 1.29 is 9.59 Å². The Morgan fingerprint density at radius 2 is 1.31 bits per heavy atom. The van der Waals surface area contributed by atoms with Crippen molar-refractivity contribution in [2.45, 2.75) is 0 Å². The van der Waals surface area contributed by atoms with Crippen LogP contribution in [-0.2, 0) is 7.05 Å². The minimum Gasteiger partial charge on any atom is -0.322 e. The van der Waals surface area contributed by atoms with Gasteiger partial charge in [-0.1, -0.05) is 23.2 Å². The summed E-state index contributed by atoms with van der Waals surface area (Å²) in [5.74, 6) is -0.893. The van der Waals surface area contributed by atoms with Crippen LogP contribution in [0.5, 0.6) is 0 Å². The lowest BCUT2D eigenvalue weighted by Gasteiger charge is -2.09. The first-order valence-electron chi connectivity index (χ1n) is 7.60. The molecule has 132 valence electrons. The lowest BCUT2D eigenvalue weighted by atomic mass is 10.2. The number of hydrogen-bond donors (Lipinski definition) is 2. The zero-order valence-corrected chi connectivity index (χ0v) is 15.2. The second-order valence-corrected chi connectivity index (χ2v) is 6.33. The summed E-state index contributed by atoms with van der Waals surface area (Å²) in [6.07, 6.45) is 1.35. The highest BCUT2D eigenvalue weighted by atomic mass is 35.5. The van der Waals surface area contributed by atoms with Gasteiger partial charge in [0.1, 0.15) is 5.69 Å². The highest BCUT2D eigenvalue weighted by Gasteiger charge is 2.22. The molecule has 6 nitrogen and oxygen atoms in total. The maximum Gasteiger partial charge on any atom is 0.274 e. The second-order valence-electron chi connectivity index (χ2n) is 5.45. The minimum atomic E-state index is -0.450. The fourth-order valence-corrected chi connectivity index (χ4v) is 2.58. The van der Waals surface area contributed by atoms with Gasteiger partial charge < -0.3 is 10.6 Å². The molecule has 0 radical (unpaired) electrons. The molecule has 1 heterocycles. The van der Waals surface area contributed by atoms with Gasteiger partial charge in [0.2, 0.25) is 0 Å². The third-order valence-electron chi connectivity index (χ3n) is 3.60. The van der Waals surface area contributed by atoms with Crippen LogP contribution in [0.25, 0.3) is 0 Å². The average molecular weight is 389 g/mol. The van der Waals surface area contributed by atoms with Crippen molar-refractivity contribution in [3.63, 3.8) is 0 Å². The van der Waals surface area contributed by atoms with Crippen LogP contribution in [0.3, 0.4) is 0 Å². The molecule has 2 aromatic carbocycles. The molecule has 0 unspecified atom stereocenters. The summed E-state index contributed by atoms with van der Waals surface area (Å²) in [6, 6.07) is 13.3. The van der Waals surface area contributed by atoms with Gasteiger partial charge in [-0.05, 0) is 48.5 Å². The van der Waals surface area contributed by atoms with Crippen LogP contribution in [0, 0.1) is 0 Å². The SMILES string of the molecule is Cn1ncc(C(=O)Nc2ccc(Cl)cc2)c1C(=O)Nc1ccc(Cl)cc1. The van der Waals surface area contributed by atoms with Crippen molar-refractivity contribution in [1.82, 2.24) is 9.78 Å². The van der Waals surface area contributed by atoms with Crippen LogP contribution in [0.2, 0.25) is 10.0 Å². The molecule has 0 atom stereocenters. The van der Waals surface area contributed by atoms with E-state index >= 15 is 0 Å². The molecule has 0 saturated carbocycles. The van der Waals surface area contributed by atoms with E-state index in [2.05, 4.69) is 15.7 Å². The smallest absolute Gasteiger partial charge is 0.274 e. The normalized spacial score (nSPS) is 10.4. The number of carbonyl (C=O) groups excluding carboxylic acids is 2. The fourth-order valence-electron chi connectivity index (χ4n) is 2.33. The quantitative estimate of drug-likeness (QED) is 0.701. The Kier molecular flexibility index (Phi) is 5.25. The first-order chi connectivity index (χ1) is 12.4. The van der Waals surface area contributed by atoms with Crippen molar-refractivity contribution in [3.8, 4) is 0 Å². The van der Waals surface area contributed by atoms with E-state index in [1.165, 1.54) is 10.9 Å². The molecule has 2 N–H and O–H groups in total. The van der Waals surface area contributed by atoms with Crippen molar-refractivity contribution in [3.05, 3.63) is 76.0 Å². The third kappa shape index (κ3) is 4.04. The Bertz CT molecular complexity index is 950. The number of nitrogens with zero attached hydrogens (tertiary/aromatic N) is 2. The average Bonchev–Trinajstić information content (AvgIpc) is 3.01. The van der Waals surface area contributed by atoms with Gasteiger partial charge in [-0.25, -0.2) is 0 Å². The van der Waals surface area contributed by atoms with E-state index in [1.54, 1.807) is 55.6 Å². The van der Waals surface area contributed by atoms with Crippen LogP contribution in [-0.4, -0.2) is 21.6 Å². The van der Waals surface area contributed by atoms with Crippen LogP contribution >= 0.6 is 23.2 Å². The molecule has 0 aliphatic heterocycles. The van der Waals surface area contributed by atoms with Gasteiger partial charge in [0.15, 0.2) is 0 Å². The molecule has 0 saturated heterocycles. The van der Waals surface area contributed by atoms with Gasteiger partial charge in [0.25, 0.3) is 11.8 Å². The number of aromatic nitrogens is 2. The summed E-state index contributed by atoms with van der Waals surface area (Å²) in [5, 5.41) is 10.6. The zero-order chi connectivity index (χ0) is 18.7. The Hall–Kier alpha value is -2.83. The summed E-state index contributed by atoms with van der Waals surface area (Å²) >= 11 is 11.7. The van der Waals surface area contributed by atoms with Crippen LogP contribution < -0.4 is 10.6 Å². The highest BCUT2D eigenvalue weighted by Crippen LogP contribution is 2.18. The van der Waals surface area contributed by atoms with E-state index in [9.17, 15) is 9.59 Å². The summed E-state index contributed by atoms with van der Waals surface area (Å²) in [6.45, 7) is 0. The molecule has 3 rings (SSSR count). The minimum absolute atomic E-state index is 0.145. The van der Waals surface area contributed by atoms with Crippen molar-refractivity contribution in [2.24, 2.45) is 7.05 Å². The number of nitrogens with one attached hydrogen (secondary N) is 2. The monoisotopic (exact) mass is 388 g/mol. The topological polar surface area (TPSA) is 76.0 Å². The predicted molar refractivity (Wildman–Crippen MR) is 102 cm³/mol. The van der Waals surface area contributed by atoms with Crippen LogP contribution in [0.15, 0.2) is 54.7 Å².